The van der Waals surface area contributed by atoms with Crippen LogP contribution in [0.25, 0.3) is 5.65 Å². The molecule has 112 valence electrons. The van der Waals surface area contributed by atoms with Crippen LogP contribution in [-0.4, -0.2) is 27.2 Å². The highest BCUT2D eigenvalue weighted by Gasteiger charge is 2.26. The molecule has 3 rings (SSSR count). The summed E-state index contributed by atoms with van der Waals surface area (Å²) in [5, 5.41) is 4.37. The Kier molecular flexibility index (Phi) is 4.18. The highest BCUT2D eigenvalue weighted by molar-refractivity contribution is 5.69. The van der Waals surface area contributed by atoms with Crippen LogP contribution in [0.2, 0.25) is 0 Å². The zero-order valence-electron chi connectivity index (χ0n) is 12.4. The number of carbonyl (C=O) groups is 1. The maximum Gasteiger partial charge on any atom is 0.306 e. The summed E-state index contributed by atoms with van der Waals surface area (Å²) in [6.07, 6.45) is 8.57. The number of fused-ring (bicyclic) bond motifs is 1. The number of carbonyl (C=O) groups excluding carboxylic acids is 1. The highest BCUT2D eigenvalue weighted by Crippen LogP contribution is 2.36. The van der Waals surface area contributed by atoms with Gasteiger partial charge in [0.25, 0.3) is 0 Å². The summed E-state index contributed by atoms with van der Waals surface area (Å²) in [7, 11) is 0. The molecule has 1 aliphatic rings. The standard InChI is InChI=1S/C16H21N3O2/c1-2-21-16(20)11-12-3-5-13(6-4-12)14-7-9-17-15-8-10-18-19(14)15/h7-10,12-13H,2-6,11H2,1H3. The van der Waals surface area contributed by atoms with Gasteiger partial charge in [0.05, 0.1) is 12.8 Å². The van der Waals surface area contributed by atoms with Gasteiger partial charge in [0.2, 0.25) is 0 Å². The van der Waals surface area contributed by atoms with E-state index < -0.39 is 0 Å². The molecule has 5 nitrogen and oxygen atoms in total. The Hall–Kier alpha value is -1.91. The summed E-state index contributed by atoms with van der Waals surface area (Å²) < 4.78 is 6.98. The van der Waals surface area contributed by atoms with Gasteiger partial charge in [-0.05, 0) is 44.6 Å². The van der Waals surface area contributed by atoms with Gasteiger partial charge >= 0.3 is 5.97 Å². The molecule has 2 aromatic rings. The van der Waals surface area contributed by atoms with E-state index in [1.54, 1.807) is 6.20 Å². The number of nitrogens with zero attached hydrogens (tertiary/aromatic N) is 3. The Bertz CT molecular complexity index is 615. The van der Waals surface area contributed by atoms with Gasteiger partial charge in [-0.15, -0.1) is 0 Å². The number of ether oxygens (including phenoxy) is 1. The molecule has 5 heteroatoms. The minimum absolute atomic E-state index is 0.0562. The lowest BCUT2D eigenvalue weighted by Crippen LogP contribution is -2.19. The summed E-state index contributed by atoms with van der Waals surface area (Å²) >= 11 is 0. The lowest BCUT2D eigenvalue weighted by atomic mass is 9.79. The summed E-state index contributed by atoms with van der Waals surface area (Å²) in [4.78, 5) is 15.9. The van der Waals surface area contributed by atoms with Gasteiger partial charge < -0.3 is 4.74 Å². The number of rotatable bonds is 4. The van der Waals surface area contributed by atoms with Crippen molar-refractivity contribution >= 4 is 11.6 Å². The molecule has 0 atom stereocenters. The predicted octanol–water partition coefficient (Wildman–Crippen LogP) is 2.96. The van der Waals surface area contributed by atoms with Crippen LogP contribution in [-0.2, 0) is 9.53 Å². The van der Waals surface area contributed by atoms with E-state index in [1.807, 2.05) is 23.7 Å². The third-order valence-electron chi connectivity index (χ3n) is 4.35. The van der Waals surface area contributed by atoms with Crippen molar-refractivity contribution in [2.24, 2.45) is 5.92 Å². The Morgan fingerprint density at radius 1 is 1.29 bits per heavy atom. The molecule has 21 heavy (non-hydrogen) atoms. The average Bonchev–Trinajstić information content (AvgIpc) is 2.97. The third kappa shape index (κ3) is 3.06. The molecule has 1 fully saturated rings. The predicted molar refractivity (Wildman–Crippen MR) is 78.9 cm³/mol. The molecule has 2 heterocycles. The van der Waals surface area contributed by atoms with Gasteiger partial charge in [0.15, 0.2) is 5.65 Å². The van der Waals surface area contributed by atoms with Gasteiger partial charge in [0, 0.05) is 30.3 Å². The van der Waals surface area contributed by atoms with Crippen LogP contribution in [0.5, 0.6) is 0 Å². The fourth-order valence-corrected chi connectivity index (χ4v) is 3.28. The van der Waals surface area contributed by atoms with Gasteiger partial charge in [-0.3, -0.25) is 4.79 Å². The molecule has 1 saturated carbocycles. The average molecular weight is 287 g/mol. The second-order valence-corrected chi connectivity index (χ2v) is 5.70. The van der Waals surface area contributed by atoms with Gasteiger partial charge in [-0.2, -0.15) is 5.10 Å². The van der Waals surface area contributed by atoms with E-state index in [4.69, 9.17) is 4.74 Å². The Morgan fingerprint density at radius 2 is 2.10 bits per heavy atom. The summed E-state index contributed by atoms with van der Waals surface area (Å²) in [6, 6.07) is 3.99. The van der Waals surface area contributed by atoms with E-state index in [0.29, 0.717) is 24.9 Å². The van der Waals surface area contributed by atoms with E-state index in [0.717, 1.165) is 31.3 Å². The van der Waals surface area contributed by atoms with E-state index in [2.05, 4.69) is 16.1 Å². The molecule has 0 aliphatic heterocycles. The highest BCUT2D eigenvalue weighted by atomic mass is 16.5. The first kappa shape index (κ1) is 14.0. The number of aromatic nitrogens is 3. The topological polar surface area (TPSA) is 56.5 Å². The molecule has 0 amide bonds. The number of hydrogen-bond acceptors (Lipinski definition) is 4. The Labute approximate surface area is 124 Å². The zero-order chi connectivity index (χ0) is 14.7. The molecule has 0 unspecified atom stereocenters. The molecule has 0 N–H and O–H groups in total. The SMILES string of the molecule is CCOC(=O)CC1CCC(c2ccnc3ccnn23)CC1. The fraction of sp³-hybridized carbons (Fsp3) is 0.562. The summed E-state index contributed by atoms with van der Waals surface area (Å²) in [5.74, 6) is 0.920. The molecule has 0 radical (unpaired) electrons. The maximum atomic E-state index is 11.6. The third-order valence-corrected chi connectivity index (χ3v) is 4.35. The van der Waals surface area contributed by atoms with Crippen molar-refractivity contribution in [1.82, 2.24) is 14.6 Å². The van der Waals surface area contributed by atoms with E-state index in [1.165, 1.54) is 5.69 Å². The minimum Gasteiger partial charge on any atom is -0.466 e. The quantitative estimate of drug-likeness (QED) is 0.811. The Morgan fingerprint density at radius 3 is 2.86 bits per heavy atom. The molecule has 0 bridgehead atoms. The smallest absolute Gasteiger partial charge is 0.306 e. The van der Waals surface area contributed by atoms with Crippen molar-refractivity contribution in [3.05, 3.63) is 30.2 Å². The van der Waals surface area contributed by atoms with Crippen LogP contribution >= 0.6 is 0 Å². The van der Waals surface area contributed by atoms with E-state index in [9.17, 15) is 4.79 Å². The first-order chi connectivity index (χ1) is 10.3. The summed E-state index contributed by atoms with van der Waals surface area (Å²) in [6.45, 7) is 2.33. The fourth-order valence-electron chi connectivity index (χ4n) is 3.28. The lowest BCUT2D eigenvalue weighted by molar-refractivity contribution is -0.144. The van der Waals surface area contributed by atoms with Crippen LogP contribution in [0.1, 0.15) is 50.6 Å². The largest absolute Gasteiger partial charge is 0.466 e. The Balaban J connectivity index is 1.63. The number of hydrogen-bond donors (Lipinski definition) is 0. The monoisotopic (exact) mass is 287 g/mol. The van der Waals surface area contributed by atoms with Crippen molar-refractivity contribution in [2.45, 2.75) is 44.9 Å². The summed E-state index contributed by atoms with van der Waals surface area (Å²) in [5.41, 5.74) is 2.14. The van der Waals surface area contributed by atoms with Crippen molar-refractivity contribution in [3.63, 3.8) is 0 Å². The lowest BCUT2D eigenvalue weighted by Gasteiger charge is -2.28. The number of esters is 1. The van der Waals surface area contributed by atoms with Crippen molar-refractivity contribution in [1.29, 1.82) is 0 Å². The van der Waals surface area contributed by atoms with Crippen LogP contribution < -0.4 is 0 Å². The molecule has 0 aromatic carbocycles. The molecule has 1 aliphatic carbocycles. The van der Waals surface area contributed by atoms with Gasteiger partial charge in [-0.1, -0.05) is 0 Å². The van der Waals surface area contributed by atoms with Gasteiger partial charge in [0.1, 0.15) is 0 Å². The van der Waals surface area contributed by atoms with Gasteiger partial charge in [-0.25, -0.2) is 9.50 Å². The maximum absolute atomic E-state index is 11.6. The molecule has 2 aromatic heterocycles. The van der Waals surface area contributed by atoms with Crippen LogP contribution in [0.3, 0.4) is 0 Å². The molecule has 0 saturated heterocycles. The molecule has 0 spiro atoms. The van der Waals surface area contributed by atoms with Crippen molar-refractivity contribution in [3.8, 4) is 0 Å². The second kappa shape index (κ2) is 6.24. The first-order valence-corrected chi connectivity index (χ1v) is 7.72. The molecular weight excluding hydrogens is 266 g/mol. The molecular formula is C16H21N3O2. The van der Waals surface area contributed by atoms with Crippen LogP contribution in [0.15, 0.2) is 24.5 Å². The second-order valence-electron chi connectivity index (χ2n) is 5.70. The van der Waals surface area contributed by atoms with E-state index in [-0.39, 0.29) is 5.97 Å². The van der Waals surface area contributed by atoms with E-state index >= 15 is 0 Å². The minimum atomic E-state index is -0.0562. The normalized spacial score (nSPS) is 22.3. The zero-order valence-corrected chi connectivity index (χ0v) is 12.4. The first-order valence-electron chi connectivity index (χ1n) is 7.72. The van der Waals surface area contributed by atoms with Crippen molar-refractivity contribution in [2.75, 3.05) is 6.61 Å². The van der Waals surface area contributed by atoms with Crippen LogP contribution in [0.4, 0.5) is 0 Å². The van der Waals surface area contributed by atoms with Crippen molar-refractivity contribution < 1.29 is 9.53 Å². The van der Waals surface area contributed by atoms with Crippen LogP contribution in [0, 0.1) is 5.92 Å².